The number of benzene rings is 1. The summed E-state index contributed by atoms with van der Waals surface area (Å²) in [5, 5.41) is 12.0. The maximum Gasteiger partial charge on any atom is 0.573 e. The number of carbonyl (C=O) groups excluding carboxylic acids is 1. The summed E-state index contributed by atoms with van der Waals surface area (Å²) >= 11 is 0. The molecular weight excluding hydrogens is 287 g/mol. The third-order valence-corrected chi connectivity index (χ3v) is 2.60. The van der Waals surface area contributed by atoms with Crippen LogP contribution in [0.5, 0.6) is 5.75 Å². The Balaban J connectivity index is 2.70. The molecule has 0 saturated heterocycles. The number of nitrogens with one attached hydrogen (secondary N) is 1. The van der Waals surface area contributed by atoms with Gasteiger partial charge in [-0.1, -0.05) is 26.0 Å². The van der Waals surface area contributed by atoms with Crippen molar-refractivity contribution in [3.63, 3.8) is 0 Å². The highest BCUT2D eigenvalue weighted by molar-refractivity contribution is 5.96. The van der Waals surface area contributed by atoms with Crippen molar-refractivity contribution in [1.82, 2.24) is 5.32 Å². The molecule has 7 heteroatoms. The molecule has 0 radical (unpaired) electrons. The Morgan fingerprint density at radius 2 is 1.95 bits per heavy atom. The van der Waals surface area contributed by atoms with E-state index >= 15 is 0 Å². The third-order valence-electron chi connectivity index (χ3n) is 2.60. The lowest BCUT2D eigenvalue weighted by molar-refractivity contribution is -0.274. The number of carbonyl (C=O) groups is 1. The molecule has 1 aromatic carbocycles. The van der Waals surface area contributed by atoms with E-state index < -0.39 is 24.1 Å². The lowest BCUT2D eigenvalue weighted by Gasteiger charge is -2.16. The lowest BCUT2D eigenvalue weighted by atomic mass is 10.1. The maximum absolute atomic E-state index is 12.2. The highest BCUT2D eigenvalue weighted by Gasteiger charge is 2.32. The number of aliphatic hydroxyl groups excluding tert-OH is 1. The number of halogens is 3. The van der Waals surface area contributed by atoms with Gasteiger partial charge in [-0.25, -0.2) is 0 Å². The molecule has 1 amide bonds. The molecule has 0 spiro atoms. The fourth-order valence-corrected chi connectivity index (χ4v) is 1.80. The average Bonchev–Trinajstić information content (AvgIpc) is 2.34. The van der Waals surface area contributed by atoms with E-state index in [4.69, 9.17) is 0 Å². The number of ether oxygens (including phenoxy) is 1. The molecule has 21 heavy (non-hydrogen) atoms. The molecular formula is C14H18F3NO3. The highest BCUT2D eigenvalue weighted by atomic mass is 19.4. The van der Waals surface area contributed by atoms with Crippen LogP contribution < -0.4 is 10.1 Å². The van der Waals surface area contributed by atoms with Crippen LogP contribution in [0.2, 0.25) is 0 Å². The predicted molar refractivity (Wildman–Crippen MR) is 70.9 cm³/mol. The van der Waals surface area contributed by atoms with Crippen LogP contribution in [0, 0.1) is 5.92 Å². The average molecular weight is 305 g/mol. The smallest absolute Gasteiger partial charge is 0.405 e. The molecule has 0 fully saturated rings. The van der Waals surface area contributed by atoms with Crippen LogP contribution in [0.25, 0.3) is 0 Å². The van der Waals surface area contributed by atoms with Crippen molar-refractivity contribution >= 4 is 5.91 Å². The molecule has 1 unspecified atom stereocenters. The second-order valence-corrected chi connectivity index (χ2v) is 5.04. The van der Waals surface area contributed by atoms with Crippen LogP contribution in [-0.2, 0) is 0 Å². The molecule has 0 bridgehead atoms. The van der Waals surface area contributed by atoms with Crippen molar-refractivity contribution in [2.24, 2.45) is 5.92 Å². The van der Waals surface area contributed by atoms with Gasteiger partial charge >= 0.3 is 6.36 Å². The minimum Gasteiger partial charge on any atom is -0.405 e. The van der Waals surface area contributed by atoms with E-state index in [1.165, 1.54) is 18.2 Å². The van der Waals surface area contributed by atoms with Crippen molar-refractivity contribution in [2.45, 2.75) is 32.7 Å². The second kappa shape index (κ2) is 7.31. The van der Waals surface area contributed by atoms with Crippen LogP contribution in [0.4, 0.5) is 13.2 Å². The quantitative estimate of drug-likeness (QED) is 0.849. The van der Waals surface area contributed by atoms with E-state index in [0.29, 0.717) is 6.42 Å². The van der Waals surface area contributed by atoms with Crippen molar-refractivity contribution in [2.75, 3.05) is 6.54 Å². The molecule has 1 rings (SSSR count). The Morgan fingerprint density at radius 3 is 2.52 bits per heavy atom. The van der Waals surface area contributed by atoms with Crippen LogP contribution >= 0.6 is 0 Å². The number of hydrogen-bond acceptors (Lipinski definition) is 3. The fourth-order valence-electron chi connectivity index (χ4n) is 1.80. The normalized spacial score (nSPS) is 13.1. The van der Waals surface area contributed by atoms with Crippen molar-refractivity contribution < 1.29 is 27.8 Å². The van der Waals surface area contributed by atoms with E-state index in [-0.39, 0.29) is 18.0 Å². The zero-order valence-corrected chi connectivity index (χ0v) is 11.8. The van der Waals surface area contributed by atoms with Crippen LogP contribution in [0.15, 0.2) is 24.3 Å². The van der Waals surface area contributed by atoms with E-state index in [0.717, 1.165) is 6.07 Å². The molecule has 0 saturated carbocycles. The summed E-state index contributed by atoms with van der Waals surface area (Å²) in [6.07, 6.45) is -5.13. The molecule has 0 heterocycles. The minimum absolute atomic E-state index is 0.0304. The van der Waals surface area contributed by atoms with Gasteiger partial charge in [-0.3, -0.25) is 4.79 Å². The summed E-state index contributed by atoms with van der Waals surface area (Å²) < 4.78 is 40.5. The van der Waals surface area contributed by atoms with Gasteiger partial charge < -0.3 is 15.2 Å². The predicted octanol–water partition coefficient (Wildman–Crippen LogP) is 2.72. The molecule has 2 N–H and O–H groups in total. The maximum atomic E-state index is 12.2. The molecule has 0 aliphatic rings. The van der Waals surface area contributed by atoms with E-state index in [2.05, 4.69) is 10.1 Å². The fraction of sp³-hybridized carbons (Fsp3) is 0.500. The minimum atomic E-state index is -4.87. The van der Waals surface area contributed by atoms with Crippen molar-refractivity contribution in [3.05, 3.63) is 29.8 Å². The first-order chi connectivity index (χ1) is 9.69. The van der Waals surface area contributed by atoms with Crippen LogP contribution in [-0.4, -0.2) is 30.0 Å². The van der Waals surface area contributed by atoms with E-state index in [9.17, 15) is 23.1 Å². The Kier molecular flexibility index (Phi) is 6.02. The van der Waals surface area contributed by atoms with Crippen molar-refractivity contribution in [1.29, 1.82) is 0 Å². The highest BCUT2D eigenvalue weighted by Crippen LogP contribution is 2.26. The monoisotopic (exact) mass is 305 g/mol. The SMILES string of the molecule is CC(C)CC(O)CNC(=O)c1ccccc1OC(F)(F)F. The summed E-state index contributed by atoms with van der Waals surface area (Å²) in [6, 6.07) is 5.06. The number of rotatable bonds is 6. The standard InChI is InChI=1S/C14H18F3NO3/c1-9(2)7-10(19)8-18-13(20)11-5-3-4-6-12(11)21-14(15,16)17/h3-6,9-10,19H,7-8H2,1-2H3,(H,18,20). The van der Waals surface area contributed by atoms with Gasteiger partial charge in [-0.15, -0.1) is 13.2 Å². The van der Waals surface area contributed by atoms with Crippen LogP contribution in [0.1, 0.15) is 30.6 Å². The number of para-hydroxylation sites is 1. The number of amides is 1. The Labute approximate surface area is 120 Å². The van der Waals surface area contributed by atoms with Gasteiger partial charge in [0, 0.05) is 6.54 Å². The summed E-state index contributed by atoms with van der Waals surface area (Å²) in [6.45, 7) is 3.80. The lowest BCUT2D eigenvalue weighted by Crippen LogP contribution is -2.33. The first-order valence-corrected chi connectivity index (χ1v) is 6.50. The van der Waals surface area contributed by atoms with E-state index in [1.807, 2.05) is 13.8 Å². The number of hydrogen-bond donors (Lipinski definition) is 2. The first kappa shape index (κ1) is 17.3. The van der Waals surface area contributed by atoms with Gasteiger partial charge in [-0.05, 0) is 24.5 Å². The number of alkyl halides is 3. The van der Waals surface area contributed by atoms with Gasteiger partial charge in [0.2, 0.25) is 0 Å². The molecule has 0 aliphatic heterocycles. The molecule has 118 valence electrons. The largest absolute Gasteiger partial charge is 0.573 e. The number of aliphatic hydroxyl groups is 1. The second-order valence-electron chi connectivity index (χ2n) is 5.04. The van der Waals surface area contributed by atoms with Crippen LogP contribution in [0.3, 0.4) is 0 Å². The Morgan fingerprint density at radius 1 is 1.33 bits per heavy atom. The van der Waals surface area contributed by atoms with E-state index in [1.54, 1.807) is 0 Å². The Bertz CT molecular complexity index is 475. The topological polar surface area (TPSA) is 58.6 Å². The molecule has 4 nitrogen and oxygen atoms in total. The van der Waals surface area contributed by atoms with Gasteiger partial charge in [0.05, 0.1) is 11.7 Å². The first-order valence-electron chi connectivity index (χ1n) is 6.50. The van der Waals surface area contributed by atoms with Crippen molar-refractivity contribution in [3.8, 4) is 5.75 Å². The molecule has 1 atom stereocenters. The van der Waals surface area contributed by atoms with Gasteiger partial charge in [0.25, 0.3) is 5.91 Å². The molecule has 0 aliphatic carbocycles. The summed E-state index contributed by atoms with van der Waals surface area (Å²) in [7, 11) is 0. The summed E-state index contributed by atoms with van der Waals surface area (Å²) in [4.78, 5) is 11.9. The molecule has 1 aromatic rings. The summed E-state index contributed by atoms with van der Waals surface area (Å²) in [5.41, 5.74) is -0.230. The zero-order chi connectivity index (χ0) is 16.0. The van der Waals surface area contributed by atoms with Gasteiger partial charge in [-0.2, -0.15) is 0 Å². The van der Waals surface area contributed by atoms with Gasteiger partial charge in [0.15, 0.2) is 0 Å². The summed E-state index contributed by atoms with van der Waals surface area (Å²) in [5.74, 6) is -1.05. The molecule has 0 aromatic heterocycles. The Hall–Kier alpha value is -1.76. The zero-order valence-electron chi connectivity index (χ0n) is 11.8. The van der Waals surface area contributed by atoms with Gasteiger partial charge in [0.1, 0.15) is 5.75 Å². The third kappa shape index (κ3) is 6.48.